The zero-order chi connectivity index (χ0) is 44.6. The van der Waals surface area contributed by atoms with E-state index in [0.29, 0.717) is 68.6 Å². The van der Waals surface area contributed by atoms with Crippen molar-refractivity contribution in [3.8, 4) is 11.5 Å². The predicted octanol–water partition coefficient (Wildman–Crippen LogP) is 4.93. The molecule has 3 saturated heterocycles. The van der Waals surface area contributed by atoms with Crippen LogP contribution in [0.5, 0.6) is 11.5 Å². The van der Waals surface area contributed by atoms with E-state index in [-0.39, 0.29) is 35.2 Å². The van der Waals surface area contributed by atoms with E-state index in [4.69, 9.17) is 16.2 Å². The fourth-order valence-electron chi connectivity index (χ4n) is 9.04. The number of nitrogens with two attached hydrogens (primary N) is 2. The fraction of sp³-hybridized carbons (Fsp3) is 0.367. The average molecular weight is 867 g/mol. The lowest BCUT2D eigenvalue weighted by molar-refractivity contribution is -0.133. The monoisotopic (exact) mass is 866 g/mol. The molecule has 4 aliphatic rings. The third kappa shape index (κ3) is 10.7. The summed E-state index contributed by atoms with van der Waals surface area (Å²) >= 11 is 0. The average Bonchev–Trinajstić information content (AvgIpc) is 3.32. The normalized spacial score (nSPS) is 18.8. The molecule has 0 aliphatic carbocycles. The first-order valence-electron chi connectivity index (χ1n) is 22.3. The SMILES string of the molecule is CN(CCC(=O)N1CCC([C@@H]2CCN=C(C(C(N)=O)=C(N)c3ccc(Oc4ccccc4)cc3)N2)CC1)Cc1ccc(N2CCN(c3ccc(N4CCC(=O)NC4=O)cc3)CC2)cc1. The molecule has 0 spiro atoms. The first-order chi connectivity index (χ1) is 31.1. The third-order valence-electron chi connectivity index (χ3n) is 12.7. The van der Waals surface area contributed by atoms with Crippen LogP contribution in [0.15, 0.2) is 114 Å². The number of anilines is 3. The van der Waals surface area contributed by atoms with Gasteiger partial charge in [-0.25, -0.2) is 4.79 Å². The predicted molar refractivity (Wildman–Crippen MR) is 250 cm³/mol. The van der Waals surface area contributed by atoms with E-state index in [1.54, 1.807) is 29.2 Å². The number of urea groups is 1. The molecule has 6 N–H and O–H groups in total. The highest BCUT2D eigenvalue weighted by atomic mass is 16.5. The fourth-order valence-corrected chi connectivity index (χ4v) is 9.04. The second-order valence-corrected chi connectivity index (χ2v) is 17.0. The molecule has 4 aliphatic heterocycles. The number of hydrogen-bond acceptors (Lipinski definition) is 11. The van der Waals surface area contributed by atoms with Crippen molar-refractivity contribution in [3.05, 3.63) is 120 Å². The summed E-state index contributed by atoms with van der Waals surface area (Å²) in [5.41, 5.74) is 17.9. The van der Waals surface area contributed by atoms with Crippen molar-refractivity contribution >= 4 is 52.3 Å². The van der Waals surface area contributed by atoms with E-state index in [1.807, 2.05) is 59.5 Å². The van der Waals surface area contributed by atoms with Gasteiger partial charge in [0, 0.05) is 101 Å². The number of likely N-dealkylation sites (tertiary alicyclic amines) is 1. The molecular weight excluding hydrogens is 809 g/mol. The molecule has 4 heterocycles. The molecule has 1 atom stereocenters. The quantitative estimate of drug-likeness (QED) is 0.127. The summed E-state index contributed by atoms with van der Waals surface area (Å²) in [6.45, 7) is 7.33. The largest absolute Gasteiger partial charge is 0.457 e. The zero-order valence-corrected chi connectivity index (χ0v) is 36.5. The molecule has 15 nitrogen and oxygen atoms in total. The van der Waals surface area contributed by atoms with Gasteiger partial charge in [-0.2, -0.15) is 0 Å². The van der Waals surface area contributed by atoms with Crippen LogP contribution in [0.3, 0.4) is 0 Å². The molecule has 0 unspecified atom stereocenters. The van der Waals surface area contributed by atoms with Crippen molar-refractivity contribution < 1.29 is 23.9 Å². The van der Waals surface area contributed by atoms with Crippen LogP contribution in [0, 0.1) is 5.92 Å². The molecule has 15 heteroatoms. The number of piperazine rings is 1. The number of amides is 5. The van der Waals surface area contributed by atoms with Gasteiger partial charge in [0.05, 0.1) is 5.70 Å². The number of carbonyl (C=O) groups excluding carboxylic acids is 4. The summed E-state index contributed by atoms with van der Waals surface area (Å²) in [6.07, 6.45) is 3.32. The van der Waals surface area contributed by atoms with Gasteiger partial charge in [0.1, 0.15) is 22.9 Å². The van der Waals surface area contributed by atoms with Gasteiger partial charge in [-0.15, -0.1) is 0 Å². The molecule has 0 aromatic heterocycles. The maximum Gasteiger partial charge on any atom is 0.328 e. The van der Waals surface area contributed by atoms with Gasteiger partial charge in [0.15, 0.2) is 0 Å². The van der Waals surface area contributed by atoms with Crippen molar-refractivity contribution in [2.45, 2.75) is 44.7 Å². The standard InChI is InChI=1S/C49H58N10O5/c1-55(33-34-7-11-37(12-8-34)56-29-31-57(32-30-56)38-13-15-39(16-14-38)59-28-22-43(60)54-49(59)63)25-23-44(61)58-26-20-35(21-27-58)42-19-24-52-48(53-42)45(47(51)62)46(50)36-9-17-41(18-10-36)64-40-5-3-2-4-6-40/h2-18,35,42H,19-33,50H2,1H3,(H2,51,62)(H,52,53)(H,54,60,63)/t42-/m0/s1. The molecule has 0 radical (unpaired) electrons. The van der Waals surface area contributed by atoms with Gasteiger partial charge in [-0.3, -0.25) is 29.6 Å². The maximum atomic E-state index is 13.4. The molecule has 64 heavy (non-hydrogen) atoms. The van der Waals surface area contributed by atoms with Crippen LogP contribution in [0.4, 0.5) is 21.9 Å². The first-order valence-corrected chi connectivity index (χ1v) is 22.3. The van der Waals surface area contributed by atoms with Gasteiger partial charge < -0.3 is 41.1 Å². The van der Waals surface area contributed by atoms with Gasteiger partial charge in [-0.1, -0.05) is 30.3 Å². The molecule has 4 aromatic rings. The lowest BCUT2D eigenvalue weighted by Gasteiger charge is -2.38. The Balaban J connectivity index is 0.752. The van der Waals surface area contributed by atoms with Gasteiger partial charge >= 0.3 is 6.03 Å². The van der Waals surface area contributed by atoms with E-state index < -0.39 is 5.91 Å². The Kier molecular flexibility index (Phi) is 13.7. The Labute approximate surface area is 374 Å². The lowest BCUT2D eigenvalue weighted by atomic mass is 9.86. The number of amidine groups is 1. The van der Waals surface area contributed by atoms with E-state index in [9.17, 15) is 19.2 Å². The molecule has 0 saturated carbocycles. The molecule has 4 aromatic carbocycles. The molecule has 0 bridgehead atoms. The number of benzene rings is 4. The Morgan fingerprint density at radius 3 is 1.98 bits per heavy atom. The van der Waals surface area contributed by atoms with E-state index >= 15 is 0 Å². The van der Waals surface area contributed by atoms with Crippen molar-refractivity contribution in [3.63, 3.8) is 0 Å². The van der Waals surface area contributed by atoms with Crippen LogP contribution in [-0.4, -0.2) is 111 Å². The number of primary amides is 1. The summed E-state index contributed by atoms with van der Waals surface area (Å²) in [6, 6.07) is 33.2. The van der Waals surface area contributed by atoms with Crippen molar-refractivity contribution in [1.82, 2.24) is 20.4 Å². The number of imide groups is 1. The molecule has 5 amide bonds. The number of piperidine rings is 1. The van der Waals surface area contributed by atoms with Crippen molar-refractivity contribution in [2.24, 2.45) is 22.4 Å². The van der Waals surface area contributed by atoms with Crippen LogP contribution in [-0.2, 0) is 20.9 Å². The van der Waals surface area contributed by atoms with E-state index in [2.05, 4.69) is 61.6 Å². The molecular formula is C49H58N10O5. The maximum absolute atomic E-state index is 13.4. The number of hydrogen-bond donors (Lipinski definition) is 4. The van der Waals surface area contributed by atoms with Gasteiger partial charge in [0.25, 0.3) is 5.91 Å². The lowest BCUT2D eigenvalue weighted by Crippen LogP contribution is -2.50. The highest BCUT2D eigenvalue weighted by Gasteiger charge is 2.32. The van der Waals surface area contributed by atoms with E-state index in [1.165, 1.54) is 11.3 Å². The Morgan fingerprint density at radius 1 is 0.750 bits per heavy atom. The number of ether oxygens (including phenoxy) is 1. The second-order valence-electron chi connectivity index (χ2n) is 17.0. The van der Waals surface area contributed by atoms with E-state index in [0.717, 1.165) is 69.1 Å². The number of para-hydroxylation sites is 1. The number of carbonyl (C=O) groups is 4. The smallest absolute Gasteiger partial charge is 0.328 e. The Hall–Kier alpha value is -6.87. The van der Waals surface area contributed by atoms with Gasteiger partial charge in [-0.05, 0) is 116 Å². The summed E-state index contributed by atoms with van der Waals surface area (Å²) in [5.74, 6) is 1.41. The summed E-state index contributed by atoms with van der Waals surface area (Å²) in [7, 11) is 2.06. The summed E-state index contributed by atoms with van der Waals surface area (Å²) < 4.78 is 5.91. The van der Waals surface area contributed by atoms with Crippen LogP contribution >= 0.6 is 0 Å². The number of nitrogens with one attached hydrogen (secondary N) is 2. The van der Waals surface area contributed by atoms with Crippen LogP contribution in [0.25, 0.3) is 5.70 Å². The van der Waals surface area contributed by atoms with Crippen molar-refractivity contribution in [1.29, 1.82) is 0 Å². The topological polar surface area (TPSA) is 182 Å². The third-order valence-corrected chi connectivity index (χ3v) is 12.7. The summed E-state index contributed by atoms with van der Waals surface area (Å²) in [4.78, 5) is 65.1. The van der Waals surface area contributed by atoms with Crippen molar-refractivity contribution in [2.75, 3.05) is 80.7 Å². The number of aliphatic imine (C=N–C) groups is 1. The minimum absolute atomic E-state index is 0.0902. The first kappa shape index (κ1) is 43.8. The van der Waals surface area contributed by atoms with Crippen LogP contribution < -0.4 is 41.5 Å². The Bertz CT molecular complexity index is 2340. The summed E-state index contributed by atoms with van der Waals surface area (Å²) in [5, 5.41) is 5.88. The minimum atomic E-state index is -0.642. The number of rotatable bonds is 14. The molecule has 8 rings (SSSR count). The Morgan fingerprint density at radius 2 is 1.36 bits per heavy atom. The molecule has 334 valence electrons. The van der Waals surface area contributed by atoms with Crippen LogP contribution in [0.1, 0.15) is 43.2 Å². The number of nitrogens with zero attached hydrogens (tertiary/aromatic N) is 6. The minimum Gasteiger partial charge on any atom is -0.457 e. The van der Waals surface area contributed by atoms with Gasteiger partial charge in [0.2, 0.25) is 11.8 Å². The highest BCUT2D eigenvalue weighted by Crippen LogP contribution is 2.29. The second kappa shape index (κ2) is 20.1. The zero-order valence-electron chi connectivity index (χ0n) is 36.5. The molecule has 3 fully saturated rings. The van der Waals surface area contributed by atoms with Crippen LogP contribution in [0.2, 0.25) is 0 Å². The highest BCUT2D eigenvalue weighted by molar-refractivity contribution is 6.25.